The molecule has 0 saturated carbocycles. The molecule has 0 fully saturated rings. The van der Waals surface area contributed by atoms with Crippen molar-refractivity contribution < 1.29 is 31.4 Å². The molecule has 5 nitrogen and oxygen atoms in total. The number of imidazole rings is 1. The molecular formula is C22H14Cl2F6N4O. The molecule has 13 heteroatoms. The van der Waals surface area contributed by atoms with Gasteiger partial charge in [0.05, 0.1) is 35.2 Å². The molecule has 0 aliphatic rings. The van der Waals surface area contributed by atoms with Crippen LogP contribution in [0.1, 0.15) is 28.1 Å². The normalized spacial score (nSPS) is 14.3. The van der Waals surface area contributed by atoms with E-state index in [1.165, 1.54) is 35.3 Å². The van der Waals surface area contributed by atoms with Crippen LogP contribution in [0.25, 0.3) is 10.9 Å². The molecule has 0 bridgehead atoms. The van der Waals surface area contributed by atoms with E-state index in [1.807, 2.05) is 0 Å². The molecule has 0 amide bonds. The molecule has 184 valence electrons. The molecule has 0 spiro atoms. The van der Waals surface area contributed by atoms with E-state index in [0.717, 1.165) is 12.3 Å². The number of hydrogen-bond donors (Lipinski definition) is 1. The number of hydrogen-bond acceptors (Lipinski definition) is 4. The van der Waals surface area contributed by atoms with Gasteiger partial charge in [0.2, 0.25) is 0 Å². The maximum Gasteiger partial charge on any atom is 0.433 e. The molecule has 4 aromatic rings. The number of aryl methyl sites for hydroxylation is 1. The number of aromatic nitrogens is 4. The van der Waals surface area contributed by atoms with E-state index >= 15 is 0 Å². The van der Waals surface area contributed by atoms with E-state index in [-0.39, 0.29) is 32.7 Å². The van der Waals surface area contributed by atoms with Crippen LogP contribution in [-0.4, -0.2) is 30.8 Å². The molecule has 1 atom stereocenters. The van der Waals surface area contributed by atoms with E-state index in [9.17, 15) is 31.4 Å². The van der Waals surface area contributed by atoms with Gasteiger partial charge < -0.3 is 9.67 Å². The first-order valence-electron chi connectivity index (χ1n) is 9.79. The fraction of sp³-hybridized carbons (Fsp3) is 0.227. The smallest absolute Gasteiger partial charge is 0.374 e. The topological polar surface area (TPSA) is 63.8 Å². The first kappa shape index (κ1) is 25.2. The Morgan fingerprint density at radius 2 is 1.66 bits per heavy atom. The van der Waals surface area contributed by atoms with Crippen molar-refractivity contribution in [1.29, 1.82) is 0 Å². The van der Waals surface area contributed by atoms with Gasteiger partial charge in [-0.3, -0.25) is 4.98 Å². The van der Waals surface area contributed by atoms with E-state index in [4.69, 9.17) is 23.2 Å². The second-order valence-corrected chi connectivity index (χ2v) is 8.49. The fourth-order valence-electron chi connectivity index (χ4n) is 3.76. The zero-order chi connectivity index (χ0) is 25.8. The molecule has 3 aromatic heterocycles. The fourth-order valence-corrected chi connectivity index (χ4v) is 4.36. The van der Waals surface area contributed by atoms with Gasteiger partial charge in [0.15, 0.2) is 5.60 Å². The van der Waals surface area contributed by atoms with Crippen LogP contribution in [0, 0.1) is 0 Å². The molecule has 35 heavy (non-hydrogen) atoms. The van der Waals surface area contributed by atoms with Crippen molar-refractivity contribution in [2.75, 3.05) is 0 Å². The molecule has 1 unspecified atom stereocenters. The Labute approximate surface area is 204 Å². The Kier molecular flexibility index (Phi) is 6.23. The average molecular weight is 535 g/mol. The summed E-state index contributed by atoms with van der Waals surface area (Å²) in [6.07, 6.45) is -7.18. The van der Waals surface area contributed by atoms with E-state index < -0.39 is 40.8 Å². The lowest BCUT2D eigenvalue weighted by Crippen LogP contribution is -2.31. The largest absolute Gasteiger partial charge is 0.433 e. The number of aliphatic hydroxyl groups is 1. The van der Waals surface area contributed by atoms with Crippen molar-refractivity contribution >= 4 is 34.1 Å². The zero-order valence-electron chi connectivity index (χ0n) is 17.6. The zero-order valence-corrected chi connectivity index (χ0v) is 19.1. The van der Waals surface area contributed by atoms with Crippen LogP contribution in [0.15, 0.2) is 49.1 Å². The standard InChI is InChI=1S/C22H14Cl2F6N4O/c1-34-10-31-9-17(34)21(35,12-3-5-16(32-8-12)22(28,29)30)11-2-4-15-13(6-11)18(23)14(19(24)33-15)7-20(25,26)27/h2-6,8-10,35H,7H2,1H3. The van der Waals surface area contributed by atoms with Gasteiger partial charge in [-0.1, -0.05) is 35.3 Å². The minimum absolute atomic E-state index is 0.0398. The summed E-state index contributed by atoms with van der Waals surface area (Å²) >= 11 is 12.2. The maximum atomic E-state index is 13.1. The molecule has 0 saturated heterocycles. The highest BCUT2D eigenvalue weighted by Gasteiger charge is 2.39. The van der Waals surface area contributed by atoms with Crippen molar-refractivity contribution in [3.63, 3.8) is 0 Å². The quantitative estimate of drug-likeness (QED) is 0.254. The molecule has 1 aromatic carbocycles. The van der Waals surface area contributed by atoms with Crippen molar-refractivity contribution in [3.05, 3.63) is 87.3 Å². The summed E-state index contributed by atoms with van der Waals surface area (Å²) in [6, 6.07) is 5.89. The third-order valence-corrected chi connectivity index (χ3v) is 6.16. The highest BCUT2D eigenvalue weighted by Crippen LogP contribution is 2.41. The minimum Gasteiger partial charge on any atom is -0.374 e. The molecule has 4 rings (SSSR count). The van der Waals surface area contributed by atoms with Crippen LogP contribution >= 0.6 is 23.2 Å². The lowest BCUT2D eigenvalue weighted by atomic mass is 9.83. The Bertz CT molecular complexity index is 1400. The molecule has 1 N–H and O–H groups in total. The van der Waals surface area contributed by atoms with Crippen LogP contribution < -0.4 is 0 Å². The number of rotatable bonds is 4. The van der Waals surface area contributed by atoms with Crippen LogP contribution in [0.3, 0.4) is 0 Å². The van der Waals surface area contributed by atoms with Gasteiger partial charge >= 0.3 is 12.4 Å². The van der Waals surface area contributed by atoms with Crippen molar-refractivity contribution in [1.82, 2.24) is 19.5 Å². The molecule has 3 heterocycles. The Morgan fingerprint density at radius 1 is 0.971 bits per heavy atom. The molecular weight excluding hydrogens is 521 g/mol. The number of alkyl halides is 6. The molecule has 0 radical (unpaired) electrons. The minimum atomic E-state index is -4.69. The average Bonchev–Trinajstić information content (AvgIpc) is 3.21. The van der Waals surface area contributed by atoms with E-state index in [2.05, 4.69) is 15.0 Å². The first-order valence-corrected chi connectivity index (χ1v) is 10.5. The summed E-state index contributed by atoms with van der Waals surface area (Å²) in [5.41, 5.74) is -3.33. The van der Waals surface area contributed by atoms with Crippen molar-refractivity contribution in [2.45, 2.75) is 24.4 Å². The number of benzene rings is 1. The lowest BCUT2D eigenvalue weighted by molar-refractivity contribution is -0.141. The van der Waals surface area contributed by atoms with Crippen LogP contribution in [0.2, 0.25) is 10.2 Å². The predicted octanol–water partition coefficient (Wildman–Crippen LogP) is 6.08. The second kappa shape index (κ2) is 8.65. The third-order valence-electron chi connectivity index (χ3n) is 5.42. The Hall–Kier alpha value is -2.89. The summed E-state index contributed by atoms with van der Waals surface area (Å²) in [6.45, 7) is 0. The van der Waals surface area contributed by atoms with Gasteiger partial charge in [-0.2, -0.15) is 26.3 Å². The van der Waals surface area contributed by atoms with Gasteiger partial charge in [-0.15, -0.1) is 0 Å². The van der Waals surface area contributed by atoms with Crippen LogP contribution in [0.4, 0.5) is 26.3 Å². The summed E-state index contributed by atoms with van der Waals surface area (Å²) in [5, 5.41) is 11.2. The number of pyridine rings is 2. The number of nitrogens with zero attached hydrogens (tertiary/aromatic N) is 4. The maximum absolute atomic E-state index is 13.1. The highest BCUT2D eigenvalue weighted by molar-refractivity contribution is 6.39. The lowest BCUT2D eigenvalue weighted by Gasteiger charge is -2.30. The van der Waals surface area contributed by atoms with Crippen LogP contribution in [0.5, 0.6) is 0 Å². The number of fused-ring (bicyclic) bond motifs is 1. The van der Waals surface area contributed by atoms with E-state index in [1.54, 1.807) is 7.05 Å². The van der Waals surface area contributed by atoms with E-state index in [0.29, 0.717) is 6.07 Å². The SMILES string of the molecule is Cn1cncc1C(O)(c1ccc(C(F)(F)F)nc1)c1ccc2nc(Cl)c(CC(F)(F)F)c(Cl)c2c1. The van der Waals surface area contributed by atoms with Gasteiger partial charge in [0, 0.05) is 29.8 Å². The highest BCUT2D eigenvalue weighted by atomic mass is 35.5. The predicted molar refractivity (Wildman–Crippen MR) is 116 cm³/mol. The summed E-state index contributed by atoms with van der Waals surface area (Å²) in [7, 11) is 1.56. The number of halogens is 8. The Balaban J connectivity index is 1.95. The van der Waals surface area contributed by atoms with Gasteiger partial charge in [0.25, 0.3) is 0 Å². The molecule has 0 aliphatic heterocycles. The molecule has 0 aliphatic carbocycles. The Morgan fingerprint density at radius 3 is 2.20 bits per heavy atom. The first-order chi connectivity index (χ1) is 16.2. The van der Waals surface area contributed by atoms with Gasteiger partial charge in [-0.05, 0) is 23.8 Å². The summed E-state index contributed by atoms with van der Waals surface area (Å²) in [5.74, 6) is 0. The summed E-state index contributed by atoms with van der Waals surface area (Å²) in [4.78, 5) is 11.4. The van der Waals surface area contributed by atoms with Crippen molar-refractivity contribution in [2.24, 2.45) is 7.05 Å². The summed E-state index contributed by atoms with van der Waals surface area (Å²) < 4.78 is 79.7. The third kappa shape index (κ3) is 4.67. The second-order valence-electron chi connectivity index (χ2n) is 7.75. The van der Waals surface area contributed by atoms with Crippen LogP contribution in [-0.2, 0) is 25.2 Å². The van der Waals surface area contributed by atoms with Gasteiger partial charge in [-0.25, -0.2) is 9.97 Å². The van der Waals surface area contributed by atoms with Gasteiger partial charge in [0.1, 0.15) is 10.8 Å². The van der Waals surface area contributed by atoms with Crippen molar-refractivity contribution in [3.8, 4) is 0 Å². The monoisotopic (exact) mass is 534 g/mol.